The van der Waals surface area contributed by atoms with Gasteiger partial charge in [0.25, 0.3) is 0 Å². The fourth-order valence-electron chi connectivity index (χ4n) is 2.36. The van der Waals surface area contributed by atoms with Crippen molar-refractivity contribution in [3.05, 3.63) is 65.2 Å². The van der Waals surface area contributed by atoms with Gasteiger partial charge in [-0.15, -0.1) is 0 Å². The molecule has 0 saturated carbocycles. The Balaban J connectivity index is 1.62. The van der Waals surface area contributed by atoms with Crippen LogP contribution >= 0.6 is 0 Å². The lowest BCUT2D eigenvalue weighted by molar-refractivity contribution is -0.140. The van der Waals surface area contributed by atoms with Crippen LogP contribution in [0.5, 0.6) is 5.88 Å². The van der Waals surface area contributed by atoms with Crippen molar-refractivity contribution in [1.82, 2.24) is 9.29 Å². The second kappa shape index (κ2) is 7.08. The maximum absolute atomic E-state index is 12.9. The van der Waals surface area contributed by atoms with Gasteiger partial charge in [0.1, 0.15) is 11.7 Å². The van der Waals surface area contributed by atoms with Crippen molar-refractivity contribution in [2.75, 3.05) is 13.1 Å². The molecule has 1 saturated heterocycles. The normalized spacial score (nSPS) is 16.6. The summed E-state index contributed by atoms with van der Waals surface area (Å²) >= 11 is 0. The molecule has 0 aliphatic carbocycles. The molecule has 1 fully saturated rings. The van der Waals surface area contributed by atoms with Gasteiger partial charge in [-0.2, -0.15) is 17.5 Å². The fraction of sp³-hybridized carbons (Fsp3) is 0.235. The van der Waals surface area contributed by atoms with Crippen LogP contribution in [0.25, 0.3) is 6.08 Å². The SMILES string of the molecule is O=S(=O)(/C=C/c1ccccc1)N1CC(Oc2ncccc2C(F)(F)F)C1. The van der Waals surface area contributed by atoms with E-state index in [4.69, 9.17) is 4.74 Å². The molecule has 138 valence electrons. The highest BCUT2D eigenvalue weighted by Gasteiger charge is 2.39. The first-order valence-electron chi connectivity index (χ1n) is 7.68. The van der Waals surface area contributed by atoms with Crippen molar-refractivity contribution < 1.29 is 26.3 Å². The molecule has 0 bridgehead atoms. The minimum absolute atomic E-state index is 0.0324. The maximum atomic E-state index is 12.9. The van der Waals surface area contributed by atoms with E-state index in [1.54, 1.807) is 24.3 Å². The first-order chi connectivity index (χ1) is 12.3. The minimum Gasteiger partial charge on any atom is -0.471 e. The highest BCUT2D eigenvalue weighted by molar-refractivity contribution is 7.92. The third-order valence-corrected chi connectivity index (χ3v) is 5.26. The number of hydrogen-bond acceptors (Lipinski definition) is 4. The molecule has 5 nitrogen and oxygen atoms in total. The Bertz CT molecular complexity index is 893. The van der Waals surface area contributed by atoms with E-state index in [0.29, 0.717) is 0 Å². The van der Waals surface area contributed by atoms with Gasteiger partial charge in [0, 0.05) is 11.6 Å². The Kier molecular flexibility index (Phi) is 5.01. The smallest absolute Gasteiger partial charge is 0.421 e. The number of nitrogens with zero attached hydrogens (tertiary/aromatic N) is 2. The summed E-state index contributed by atoms with van der Waals surface area (Å²) in [6.07, 6.45) is -2.60. The highest BCUT2D eigenvalue weighted by atomic mass is 32.2. The summed E-state index contributed by atoms with van der Waals surface area (Å²) in [5, 5.41) is 1.07. The molecule has 0 amide bonds. The van der Waals surface area contributed by atoms with Crippen LogP contribution in [0.4, 0.5) is 13.2 Å². The van der Waals surface area contributed by atoms with Gasteiger partial charge in [0.15, 0.2) is 0 Å². The predicted octanol–water partition coefficient (Wildman–Crippen LogP) is 3.16. The van der Waals surface area contributed by atoms with Gasteiger partial charge in [-0.3, -0.25) is 0 Å². The molecule has 1 aliphatic heterocycles. The maximum Gasteiger partial charge on any atom is 0.421 e. The van der Waals surface area contributed by atoms with Gasteiger partial charge in [-0.1, -0.05) is 30.3 Å². The summed E-state index contributed by atoms with van der Waals surface area (Å²) in [6, 6.07) is 10.9. The lowest BCUT2D eigenvalue weighted by Gasteiger charge is -2.37. The molecule has 26 heavy (non-hydrogen) atoms. The third-order valence-electron chi connectivity index (χ3n) is 3.76. The second-order valence-electron chi connectivity index (χ2n) is 5.67. The Morgan fingerprint density at radius 3 is 2.46 bits per heavy atom. The van der Waals surface area contributed by atoms with Crippen LogP contribution in [0.15, 0.2) is 54.1 Å². The molecule has 3 rings (SSSR count). The van der Waals surface area contributed by atoms with Crippen LogP contribution < -0.4 is 4.74 Å². The number of ether oxygens (including phenoxy) is 1. The zero-order chi connectivity index (χ0) is 18.8. The van der Waals surface area contributed by atoms with Gasteiger partial charge in [0.2, 0.25) is 15.9 Å². The first kappa shape index (κ1) is 18.4. The van der Waals surface area contributed by atoms with Crippen molar-refractivity contribution in [1.29, 1.82) is 0 Å². The number of aromatic nitrogens is 1. The van der Waals surface area contributed by atoms with Crippen molar-refractivity contribution in [2.45, 2.75) is 12.3 Å². The topological polar surface area (TPSA) is 59.5 Å². The van der Waals surface area contributed by atoms with Crippen LogP contribution in [-0.2, 0) is 16.2 Å². The number of pyridine rings is 1. The largest absolute Gasteiger partial charge is 0.471 e. The van der Waals surface area contributed by atoms with Gasteiger partial charge < -0.3 is 4.74 Å². The van der Waals surface area contributed by atoms with Crippen LogP contribution in [0.3, 0.4) is 0 Å². The van der Waals surface area contributed by atoms with E-state index in [2.05, 4.69) is 4.98 Å². The van der Waals surface area contributed by atoms with Crippen molar-refractivity contribution in [3.8, 4) is 5.88 Å². The van der Waals surface area contributed by atoms with Crippen molar-refractivity contribution >= 4 is 16.1 Å². The number of benzene rings is 1. The Hall–Kier alpha value is -2.39. The van der Waals surface area contributed by atoms with E-state index < -0.39 is 33.7 Å². The molecule has 1 aliphatic rings. The molecule has 0 unspecified atom stereocenters. The van der Waals surface area contributed by atoms with Gasteiger partial charge in [-0.05, 0) is 23.8 Å². The summed E-state index contributed by atoms with van der Waals surface area (Å²) in [7, 11) is -3.66. The van der Waals surface area contributed by atoms with Gasteiger partial charge in [0.05, 0.1) is 13.1 Å². The number of sulfonamides is 1. The van der Waals surface area contributed by atoms with Crippen LogP contribution in [-0.4, -0.2) is 36.9 Å². The summed E-state index contributed by atoms with van der Waals surface area (Å²) < 4.78 is 69.5. The molecule has 1 aromatic heterocycles. The van der Waals surface area contributed by atoms with Crippen LogP contribution in [0, 0.1) is 0 Å². The number of halogens is 3. The average Bonchev–Trinajstić information content (AvgIpc) is 2.56. The quantitative estimate of drug-likeness (QED) is 0.795. The van der Waals surface area contributed by atoms with Gasteiger partial charge >= 0.3 is 6.18 Å². The van der Waals surface area contributed by atoms with Crippen molar-refractivity contribution in [3.63, 3.8) is 0 Å². The molecular formula is C17H15F3N2O3S. The molecule has 9 heteroatoms. The summed E-state index contributed by atoms with van der Waals surface area (Å²) in [5.74, 6) is -0.540. The molecule has 0 N–H and O–H groups in total. The number of rotatable bonds is 5. The van der Waals surface area contributed by atoms with Crippen LogP contribution in [0.1, 0.15) is 11.1 Å². The van der Waals surface area contributed by atoms with Gasteiger partial charge in [-0.25, -0.2) is 13.4 Å². The molecule has 2 aromatic rings. The second-order valence-corrected chi connectivity index (χ2v) is 7.49. The van der Waals surface area contributed by atoms with Crippen LogP contribution in [0.2, 0.25) is 0 Å². The summed E-state index contributed by atoms with van der Waals surface area (Å²) in [5.41, 5.74) is -0.252. The standard InChI is InChI=1S/C17H15F3N2O3S/c18-17(19,20)15-7-4-9-21-16(15)25-14-11-22(12-14)26(23,24)10-8-13-5-2-1-3-6-13/h1-10,14H,11-12H2/b10-8+. The summed E-state index contributed by atoms with van der Waals surface area (Å²) in [6.45, 7) is -0.0648. The van der Waals surface area contributed by atoms with E-state index in [-0.39, 0.29) is 13.1 Å². The minimum atomic E-state index is -4.59. The molecular weight excluding hydrogens is 369 g/mol. The zero-order valence-corrected chi connectivity index (χ0v) is 14.2. The highest BCUT2D eigenvalue weighted by Crippen LogP contribution is 2.35. The molecule has 1 aromatic carbocycles. The average molecular weight is 384 g/mol. The summed E-state index contributed by atoms with van der Waals surface area (Å²) in [4.78, 5) is 3.61. The Labute approximate surface area is 148 Å². The third kappa shape index (κ3) is 4.23. The van der Waals surface area contributed by atoms with E-state index in [1.807, 2.05) is 6.07 Å². The fourth-order valence-corrected chi connectivity index (χ4v) is 3.61. The molecule has 0 atom stereocenters. The predicted molar refractivity (Wildman–Crippen MR) is 89.6 cm³/mol. The zero-order valence-electron chi connectivity index (χ0n) is 13.4. The molecule has 0 radical (unpaired) electrons. The first-order valence-corrected chi connectivity index (χ1v) is 9.18. The lowest BCUT2D eigenvalue weighted by Crippen LogP contribution is -2.55. The Morgan fingerprint density at radius 1 is 1.12 bits per heavy atom. The van der Waals surface area contributed by atoms with E-state index in [1.165, 1.54) is 18.3 Å². The van der Waals surface area contributed by atoms with E-state index >= 15 is 0 Å². The van der Waals surface area contributed by atoms with E-state index in [9.17, 15) is 21.6 Å². The van der Waals surface area contributed by atoms with E-state index in [0.717, 1.165) is 21.3 Å². The molecule has 0 spiro atoms. The lowest BCUT2D eigenvalue weighted by atomic mass is 10.2. The Morgan fingerprint density at radius 2 is 1.81 bits per heavy atom. The number of alkyl halides is 3. The number of hydrogen-bond donors (Lipinski definition) is 0. The monoisotopic (exact) mass is 384 g/mol. The molecule has 2 heterocycles. The van der Waals surface area contributed by atoms with Crippen molar-refractivity contribution in [2.24, 2.45) is 0 Å².